The van der Waals surface area contributed by atoms with Gasteiger partial charge >= 0.3 is 0 Å². The Balaban J connectivity index is 1.52. The van der Waals surface area contributed by atoms with E-state index in [4.69, 9.17) is 0 Å². The van der Waals surface area contributed by atoms with E-state index in [0.29, 0.717) is 12.0 Å². The largest absolute Gasteiger partial charge is 0.349 e. The maximum atomic E-state index is 12.4. The topological polar surface area (TPSA) is 42.0 Å². The molecule has 1 heterocycles. The van der Waals surface area contributed by atoms with Crippen LogP contribution < -0.4 is 5.32 Å². The zero-order valence-corrected chi connectivity index (χ0v) is 12.2. The van der Waals surface area contributed by atoms with Crippen LogP contribution in [0, 0.1) is 11.8 Å². The number of aromatic nitrogens is 1. The van der Waals surface area contributed by atoms with Gasteiger partial charge in [0.05, 0.1) is 15.7 Å². The van der Waals surface area contributed by atoms with Gasteiger partial charge in [0, 0.05) is 11.6 Å². The number of nitrogens with zero attached hydrogens (tertiary/aromatic N) is 1. The van der Waals surface area contributed by atoms with E-state index < -0.39 is 0 Å². The third-order valence-corrected chi connectivity index (χ3v) is 5.75. The molecule has 1 N–H and O–H groups in total. The summed E-state index contributed by atoms with van der Waals surface area (Å²) < 4.78 is 1.09. The summed E-state index contributed by atoms with van der Waals surface area (Å²) in [7, 11) is 0. The quantitative estimate of drug-likeness (QED) is 0.916. The Labute approximate surface area is 122 Å². The van der Waals surface area contributed by atoms with Gasteiger partial charge in [0.2, 0.25) is 0 Å². The van der Waals surface area contributed by atoms with Crippen LogP contribution in [0.3, 0.4) is 0 Å². The van der Waals surface area contributed by atoms with Crippen LogP contribution in [0.5, 0.6) is 0 Å². The monoisotopic (exact) mass is 286 g/mol. The van der Waals surface area contributed by atoms with Crippen molar-refractivity contribution in [1.29, 1.82) is 0 Å². The number of fused-ring (bicyclic) bond motifs is 4. The predicted molar refractivity (Wildman–Crippen MR) is 80.9 cm³/mol. The number of carbonyl (C=O) groups excluding carboxylic acids is 1. The van der Waals surface area contributed by atoms with Gasteiger partial charge < -0.3 is 5.32 Å². The van der Waals surface area contributed by atoms with Gasteiger partial charge in [-0.2, -0.15) is 0 Å². The van der Waals surface area contributed by atoms with Crippen LogP contribution in [-0.2, 0) is 0 Å². The molecule has 3 aliphatic carbocycles. The van der Waals surface area contributed by atoms with E-state index in [2.05, 4.69) is 10.3 Å². The van der Waals surface area contributed by atoms with Gasteiger partial charge in [0.25, 0.3) is 5.91 Å². The molecule has 3 fully saturated rings. The second-order valence-electron chi connectivity index (χ2n) is 6.13. The first kappa shape index (κ1) is 12.3. The van der Waals surface area contributed by atoms with E-state index in [1.807, 2.05) is 23.7 Å². The van der Waals surface area contributed by atoms with E-state index in [1.54, 1.807) is 11.3 Å². The molecule has 5 rings (SSSR count). The number of carbonyl (C=O) groups is 1. The van der Waals surface area contributed by atoms with Crippen molar-refractivity contribution in [1.82, 2.24) is 10.3 Å². The minimum absolute atomic E-state index is 0.0813. The Kier molecular flexibility index (Phi) is 2.99. The highest BCUT2D eigenvalue weighted by atomic mass is 32.1. The van der Waals surface area contributed by atoms with Gasteiger partial charge in [-0.1, -0.05) is 12.8 Å². The predicted octanol–water partition coefficient (Wildman–Crippen LogP) is 3.60. The van der Waals surface area contributed by atoms with Crippen LogP contribution in [0.15, 0.2) is 23.7 Å². The van der Waals surface area contributed by atoms with Crippen molar-refractivity contribution in [3.63, 3.8) is 0 Å². The van der Waals surface area contributed by atoms with E-state index in [-0.39, 0.29) is 5.91 Å². The zero-order valence-electron chi connectivity index (χ0n) is 11.3. The Hall–Kier alpha value is -1.42. The molecule has 3 saturated carbocycles. The molecule has 4 heteroatoms. The van der Waals surface area contributed by atoms with Crippen LogP contribution in [0.1, 0.15) is 42.5 Å². The third-order valence-electron chi connectivity index (χ3n) is 4.96. The molecule has 2 aromatic rings. The number of thiazole rings is 1. The zero-order chi connectivity index (χ0) is 13.5. The molecule has 0 unspecified atom stereocenters. The van der Waals surface area contributed by atoms with Crippen molar-refractivity contribution in [2.75, 3.05) is 0 Å². The molecule has 0 radical (unpaired) electrons. The molecular formula is C16H18N2OS. The maximum Gasteiger partial charge on any atom is 0.251 e. The summed E-state index contributed by atoms with van der Waals surface area (Å²) in [6, 6.07) is 6.18. The van der Waals surface area contributed by atoms with Crippen molar-refractivity contribution in [2.45, 2.75) is 38.1 Å². The summed E-state index contributed by atoms with van der Waals surface area (Å²) in [4.78, 5) is 16.7. The standard InChI is InChI=1S/C16H18N2OS/c19-16(12-5-6-13-15(8-12)20-9-17-13)18-14-7-10-1-3-11(14)4-2-10/h5-6,8-11,14H,1-4,7H2,(H,18,19)/t10?,11?,14-/m1/s1. The van der Waals surface area contributed by atoms with Gasteiger partial charge in [0.1, 0.15) is 0 Å². The molecule has 0 spiro atoms. The lowest BCUT2D eigenvalue weighted by Gasteiger charge is -2.42. The fourth-order valence-electron chi connectivity index (χ4n) is 3.80. The molecule has 1 atom stereocenters. The molecular weight excluding hydrogens is 268 g/mol. The Bertz CT molecular complexity index is 643. The lowest BCUT2D eigenvalue weighted by atomic mass is 9.68. The number of benzene rings is 1. The lowest BCUT2D eigenvalue weighted by molar-refractivity contribution is 0.0810. The fourth-order valence-corrected chi connectivity index (χ4v) is 4.52. The highest BCUT2D eigenvalue weighted by Crippen LogP contribution is 2.41. The van der Waals surface area contributed by atoms with Crippen molar-refractivity contribution in [3.05, 3.63) is 29.3 Å². The lowest BCUT2D eigenvalue weighted by Crippen LogP contribution is -2.47. The first-order valence-corrected chi connectivity index (χ1v) is 8.31. The Morgan fingerprint density at radius 1 is 1.25 bits per heavy atom. The summed E-state index contributed by atoms with van der Waals surface area (Å²) in [5, 5.41) is 3.27. The average Bonchev–Trinajstić information content (AvgIpc) is 2.96. The van der Waals surface area contributed by atoms with Gasteiger partial charge in [-0.3, -0.25) is 4.79 Å². The van der Waals surface area contributed by atoms with Crippen LogP contribution in [0.25, 0.3) is 10.2 Å². The van der Waals surface area contributed by atoms with Crippen LogP contribution in [-0.4, -0.2) is 16.9 Å². The summed E-state index contributed by atoms with van der Waals surface area (Å²) in [5.74, 6) is 1.63. The van der Waals surface area contributed by atoms with Gasteiger partial charge in [0.15, 0.2) is 0 Å². The fraction of sp³-hybridized carbons (Fsp3) is 0.500. The summed E-state index contributed by atoms with van der Waals surface area (Å²) in [6.45, 7) is 0. The minimum atomic E-state index is 0.0813. The molecule has 1 aromatic heterocycles. The molecule has 1 aromatic carbocycles. The van der Waals surface area contributed by atoms with Gasteiger partial charge in [-0.25, -0.2) is 4.98 Å². The second kappa shape index (κ2) is 4.85. The first-order valence-electron chi connectivity index (χ1n) is 7.44. The summed E-state index contributed by atoms with van der Waals surface area (Å²) >= 11 is 1.59. The minimum Gasteiger partial charge on any atom is -0.349 e. The third kappa shape index (κ3) is 2.12. The summed E-state index contributed by atoms with van der Waals surface area (Å²) in [6.07, 6.45) is 6.50. The van der Waals surface area contributed by atoms with E-state index in [9.17, 15) is 4.79 Å². The van der Waals surface area contributed by atoms with E-state index >= 15 is 0 Å². The number of amides is 1. The van der Waals surface area contributed by atoms with Crippen molar-refractivity contribution >= 4 is 27.5 Å². The highest BCUT2D eigenvalue weighted by Gasteiger charge is 2.36. The molecule has 1 amide bonds. The maximum absolute atomic E-state index is 12.4. The average molecular weight is 286 g/mol. The molecule has 20 heavy (non-hydrogen) atoms. The van der Waals surface area contributed by atoms with E-state index in [1.165, 1.54) is 32.1 Å². The molecule has 3 nitrogen and oxygen atoms in total. The number of hydrogen-bond acceptors (Lipinski definition) is 3. The number of hydrogen-bond donors (Lipinski definition) is 1. The number of nitrogens with one attached hydrogen (secondary N) is 1. The molecule has 0 saturated heterocycles. The normalized spacial score (nSPS) is 28.7. The van der Waals surface area contributed by atoms with Crippen LogP contribution >= 0.6 is 11.3 Å². The molecule has 104 valence electrons. The second-order valence-corrected chi connectivity index (χ2v) is 7.02. The molecule has 0 aliphatic heterocycles. The van der Waals surface area contributed by atoms with Crippen molar-refractivity contribution in [2.24, 2.45) is 11.8 Å². The summed E-state index contributed by atoms with van der Waals surface area (Å²) in [5.41, 5.74) is 3.57. The van der Waals surface area contributed by atoms with Crippen LogP contribution in [0.2, 0.25) is 0 Å². The Morgan fingerprint density at radius 3 is 2.85 bits per heavy atom. The van der Waals surface area contributed by atoms with Crippen molar-refractivity contribution < 1.29 is 4.79 Å². The Morgan fingerprint density at radius 2 is 2.10 bits per heavy atom. The van der Waals surface area contributed by atoms with Crippen molar-refractivity contribution in [3.8, 4) is 0 Å². The number of rotatable bonds is 2. The first-order chi connectivity index (χ1) is 9.79. The SMILES string of the molecule is O=C(N[C@@H]1CC2CCC1CC2)c1ccc2ncsc2c1. The highest BCUT2D eigenvalue weighted by molar-refractivity contribution is 7.16. The van der Waals surface area contributed by atoms with Crippen LogP contribution in [0.4, 0.5) is 0 Å². The molecule has 2 bridgehead atoms. The van der Waals surface area contributed by atoms with Gasteiger partial charge in [-0.15, -0.1) is 11.3 Å². The van der Waals surface area contributed by atoms with E-state index in [0.717, 1.165) is 21.7 Å². The van der Waals surface area contributed by atoms with Gasteiger partial charge in [-0.05, 0) is 49.3 Å². The smallest absolute Gasteiger partial charge is 0.251 e. The molecule has 3 aliphatic rings.